The van der Waals surface area contributed by atoms with Crippen LogP contribution in [0.5, 0.6) is 0 Å². The third kappa shape index (κ3) is 8.55. The van der Waals surface area contributed by atoms with Crippen LogP contribution in [-0.2, 0) is 0 Å². The highest BCUT2D eigenvalue weighted by Crippen LogP contribution is 2.07. The van der Waals surface area contributed by atoms with Crippen molar-refractivity contribution in [2.45, 2.75) is 78.8 Å². The summed E-state index contributed by atoms with van der Waals surface area (Å²) in [4.78, 5) is 0. The monoisotopic (exact) mass is 199 g/mol. The van der Waals surface area contributed by atoms with Crippen LogP contribution in [0.2, 0.25) is 0 Å². The number of nitrogens with one attached hydrogen (secondary N) is 1. The van der Waals surface area contributed by atoms with Crippen molar-refractivity contribution < 1.29 is 0 Å². The molecule has 0 bridgehead atoms. The Labute approximate surface area is 90.7 Å². The van der Waals surface area contributed by atoms with E-state index in [1.165, 1.54) is 32.1 Å². The molecule has 0 aliphatic heterocycles. The van der Waals surface area contributed by atoms with Gasteiger partial charge in [0.2, 0.25) is 0 Å². The molecule has 0 saturated carbocycles. The van der Waals surface area contributed by atoms with Crippen LogP contribution in [0.15, 0.2) is 0 Å². The molecule has 0 aromatic rings. The van der Waals surface area contributed by atoms with E-state index in [0.717, 1.165) is 5.92 Å². The fourth-order valence-electron chi connectivity index (χ4n) is 2.04. The van der Waals surface area contributed by atoms with Gasteiger partial charge in [-0.3, -0.25) is 0 Å². The first-order chi connectivity index (χ1) is 6.56. The van der Waals surface area contributed by atoms with E-state index in [2.05, 4.69) is 39.9 Å². The van der Waals surface area contributed by atoms with E-state index in [1.54, 1.807) is 0 Å². The molecule has 0 spiro atoms. The van der Waals surface area contributed by atoms with Crippen LogP contribution in [0.4, 0.5) is 0 Å². The Morgan fingerprint density at radius 3 is 2.07 bits per heavy atom. The molecule has 14 heavy (non-hydrogen) atoms. The van der Waals surface area contributed by atoms with Gasteiger partial charge < -0.3 is 5.32 Å². The van der Waals surface area contributed by atoms with Crippen LogP contribution in [0, 0.1) is 5.92 Å². The average Bonchev–Trinajstić information content (AvgIpc) is 2.02. The van der Waals surface area contributed by atoms with Crippen molar-refractivity contribution in [3.8, 4) is 0 Å². The van der Waals surface area contributed by atoms with Gasteiger partial charge in [0.15, 0.2) is 0 Å². The van der Waals surface area contributed by atoms with Crippen LogP contribution < -0.4 is 5.32 Å². The second-order valence-electron chi connectivity index (χ2n) is 5.09. The first-order valence-corrected chi connectivity index (χ1v) is 6.32. The van der Waals surface area contributed by atoms with Crippen molar-refractivity contribution in [3.05, 3.63) is 0 Å². The van der Waals surface area contributed by atoms with Gasteiger partial charge in [-0.25, -0.2) is 0 Å². The molecule has 0 aromatic carbocycles. The van der Waals surface area contributed by atoms with Gasteiger partial charge in [0.05, 0.1) is 0 Å². The average molecular weight is 199 g/mol. The summed E-state index contributed by atoms with van der Waals surface area (Å²) in [7, 11) is 0. The van der Waals surface area contributed by atoms with Crippen molar-refractivity contribution in [3.63, 3.8) is 0 Å². The Bertz CT molecular complexity index is 120. The molecule has 2 atom stereocenters. The van der Waals surface area contributed by atoms with Crippen LogP contribution in [-0.4, -0.2) is 12.1 Å². The summed E-state index contributed by atoms with van der Waals surface area (Å²) in [6.07, 6.45) is 6.70. The molecule has 1 N–H and O–H groups in total. The van der Waals surface area contributed by atoms with Gasteiger partial charge in [0, 0.05) is 12.1 Å². The zero-order chi connectivity index (χ0) is 11.0. The first kappa shape index (κ1) is 14.0. The summed E-state index contributed by atoms with van der Waals surface area (Å²) < 4.78 is 0. The van der Waals surface area contributed by atoms with Gasteiger partial charge in [-0.2, -0.15) is 0 Å². The van der Waals surface area contributed by atoms with E-state index in [4.69, 9.17) is 0 Å². The molecule has 0 amide bonds. The normalized spacial score (nSPS) is 15.9. The Morgan fingerprint density at radius 1 is 0.929 bits per heavy atom. The fourth-order valence-corrected chi connectivity index (χ4v) is 2.04. The van der Waals surface area contributed by atoms with Crippen molar-refractivity contribution in [1.82, 2.24) is 5.32 Å². The highest BCUT2D eigenvalue weighted by Gasteiger charge is 2.08. The summed E-state index contributed by atoms with van der Waals surface area (Å²) in [5.74, 6) is 0.806. The molecule has 0 aromatic heterocycles. The van der Waals surface area contributed by atoms with Gasteiger partial charge in [0.25, 0.3) is 0 Å². The summed E-state index contributed by atoms with van der Waals surface area (Å²) in [6, 6.07) is 1.36. The second kappa shape index (κ2) is 8.28. The van der Waals surface area contributed by atoms with Crippen LogP contribution in [0.3, 0.4) is 0 Å². The molecule has 0 aliphatic carbocycles. The summed E-state index contributed by atoms with van der Waals surface area (Å²) in [6.45, 7) is 11.5. The van der Waals surface area contributed by atoms with Gasteiger partial charge in [-0.1, -0.05) is 40.0 Å². The zero-order valence-corrected chi connectivity index (χ0v) is 10.8. The highest BCUT2D eigenvalue weighted by molar-refractivity contribution is 4.68. The quantitative estimate of drug-likeness (QED) is 0.583. The van der Waals surface area contributed by atoms with E-state index in [0.29, 0.717) is 12.1 Å². The standard InChI is InChI=1S/C13H29N/c1-6-7-8-9-12(4)14-13(5)10-11(2)3/h11-14H,6-10H2,1-5H3. The maximum Gasteiger partial charge on any atom is 0.00436 e. The topological polar surface area (TPSA) is 12.0 Å². The van der Waals surface area contributed by atoms with Gasteiger partial charge in [-0.15, -0.1) is 0 Å². The molecular formula is C13H29N. The lowest BCUT2D eigenvalue weighted by Crippen LogP contribution is -2.35. The lowest BCUT2D eigenvalue weighted by molar-refractivity contribution is 0.383. The van der Waals surface area contributed by atoms with E-state index in [1.807, 2.05) is 0 Å². The van der Waals surface area contributed by atoms with Gasteiger partial charge >= 0.3 is 0 Å². The molecule has 86 valence electrons. The van der Waals surface area contributed by atoms with Gasteiger partial charge in [-0.05, 0) is 32.6 Å². The van der Waals surface area contributed by atoms with Crippen LogP contribution in [0.25, 0.3) is 0 Å². The predicted octanol–water partition coefficient (Wildman–Crippen LogP) is 3.98. The zero-order valence-electron chi connectivity index (χ0n) is 10.8. The van der Waals surface area contributed by atoms with Crippen molar-refractivity contribution >= 4 is 0 Å². The number of rotatable bonds is 8. The third-order valence-electron chi connectivity index (χ3n) is 2.63. The van der Waals surface area contributed by atoms with Crippen molar-refractivity contribution in [2.24, 2.45) is 5.92 Å². The molecule has 0 heterocycles. The Hall–Kier alpha value is -0.0400. The molecule has 0 aliphatic rings. The molecule has 0 fully saturated rings. The molecule has 0 saturated heterocycles. The number of hydrogen-bond donors (Lipinski definition) is 1. The minimum Gasteiger partial charge on any atom is -0.312 e. The molecule has 1 heteroatoms. The molecule has 1 nitrogen and oxygen atoms in total. The molecule has 0 radical (unpaired) electrons. The summed E-state index contributed by atoms with van der Waals surface area (Å²) in [5.41, 5.74) is 0. The Balaban J connectivity index is 3.44. The first-order valence-electron chi connectivity index (χ1n) is 6.32. The largest absolute Gasteiger partial charge is 0.312 e. The van der Waals surface area contributed by atoms with E-state index >= 15 is 0 Å². The molecule has 2 unspecified atom stereocenters. The van der Waals surface area contributed by atoms with Crippen molar-refractivity contribution in [1.29, 1.82) is 0 Å². The maximum absolute atomic E-state index is 3.67. The Morgan fingerprint density at radius 2 is 1.57 bits per heavy atom. The van der Waals surface area contributed by atoms with Gasteiger partial charge in [0.1, 0.15) is 0 Å². The van der Waals surface area contributed by atoms with Crippen LogP contribution in [0.1, 0.15) is 66.7 Å². The maximum atomic E-state index is 3.67. The summed E-state index contributed by atoms with van der Waals surface area (Å²) in [5, 5.41) is 3.67. The highest BCUT2D eigenvalue weighted by atomic mass is 14.9. The molecule has 0 rings (SSSR count). The third-order valence-corrected chi connectivity index (χ3v) is 2.63. The van der Waals surface area contributed by atoms with E-state index in [-0.39, 0.29) is 0 Å². The van der Waals surface area contributed by atoms with Crippen LogP contribution >= 0.6 is 0 Å². The van der Waals surface area contributed by atoms with E-state index in [9.17, 15) is 0 Å². The molecular weight excluding hydrogens is 170 g/mol. The Kier molecular flexibility index (Phi) is 8.26. The minimum absolute atomic E-state index is 0.673. The SMILES string of the molecule is CCCCCC(C)NC(C)CC(C)C. The van der Waals surface area contributed by atoms with E-state index < -0.39 is 0 Å². The number of unbranched alkanes of at least 4 members (excludes halogenated alkanes) is 2. The summed E-state index contributed by atoms with van der Waals surface area (Å²) >= 11 is 0. The predicted molar refractivity (Wildman–Crippen MR) is 65.7 cm³/mol. The fraction of sp³-hybridized carbons (Fsp3) is 1.00. The van der Waals surface area contributed by atoms with Crippen molar-refractivity contribution in [2.75, 3.05) is 0 Å². The smallest absolute Gasteiger partial charge is 0.00436 e. The second-order valence-corrected chi connectivity index (χ2v) is 5.09. The minimum atomic E-state index is 0.673. The lowest BCUT2D eigenvalue weighted by Gasteiger charge is -2.21. The number of hydrogen-bond acceptors (Lipinski definition) is 1. The lowest BCUT2D eigenvalue weighted by atomic mass is 10.0.